The highest BCUT2D eigenvalue weighted by Crippen LogP contribution is 2.48. The van der Waals surface area contributed by atoms with Gasteiger partial charge in [-0.15, -0.1) is 15.3 Å². The predicted octanol–water partition coefficient (Wildman–Crippen LogP) is 6.55. The maximum atomic E-state index is 14.9. The molecular weight excluding hydrogens is 1460 g/mol. The Morgan fingerprint density at radius 2 is 0.796 bits per heavy atom. The fourth-order valence-electron chi connectivity index (χ4n) is 9.71. The molecule has 0 spiro atoms. The van der Waals surface area contributed by atoms with E-state index < -0.39 is 326 Å². The zero-order valence-corrected chi connectivity index (χ0v) is 59.2. The highest BCUT2D eigenvalue weighted by atomic mass is 32.2. The first-order valence-corrected chi connectivity index (χ1v) is 35.0. The summed E-state index contributed by atoms with van der Waals surface area (Å²) in [5.74, 6) is -11.7. The Kier molecular flexibility index (Phi) is 13.3. The molecule has 0 aliphatic heterocycles. The summed E-state index contributed by atoms with van der Waals surface area (Å²) < 4.78 is 427. The zero-order valence-electron chi connectivity index (χ0n) is 101. The number of rotatable bonds is 30. The van der Waals surface area contributed by atoms with Gasteiger partial charge in [-0.2, -0.15) is 0 Å². The molecule has 6 aliphatic carbocycles. The molecule has 0 bridgehead atoms. The average molecular weight is 1600 g/mol. The molecule has 18 atom stereocenters. The van der Waals surface area contributed by atoms with E-state index >= 15 is 0 Å². The van der Waals surface area contributed by atoms with Gasteiger partial charge in [-0.3, -0.25) is 0 Å². The molecule has 6 aliphatic rings. The molecule has 0 radical (unpaired) electrons. The molecule has 0 saturated heterocycles. The molecule has 108 heavy (non-hydrogen) atoms. The number of benzene rings is 3. The fourth-order valence-corrected chi connectivity index (χ4v) is 11.8. The van der Waals surface area contributed by atoms with Crippen molar-refractivity contribution in [1.29, 1.82) is 0 Å². The van der Waals surface area contributed by atoms with Crippen molar-refractivity contribution in [3.63, 3.8) is 0 Å². The Labute approximate surface area is 695 Å². The Morgan fingerprint density at radius 1 is 0.472 bits per heavy atom. The molecule has 6 heterocycles. The van der Waals surface area contributed by atoms with Crippen LogP contribution in [0.5, 0.6) is 0 Å². The lowest BCUT2D eigenvalue weighted by atomic mass is 10.1. The van der Waals surface area contributed by atoms with E-state index in [1.54, 1.807) is 20.8 Å². The van der Waals surface area contributed by atoms with Crippen molar-refractivity contribution < 1.29 is 134 Å². The van der Waals surface area contributed by atoms with Crippen molar-refractivity contribution in [2.24, 2.45) is 0 Å². The van der Waals surface area contributed by atoms with Crippen LogP contribution in [0.1, 0.15) is 208 Å². The van der Waals surface area contributed by atoms with E-state index in [1.807, 2.05) is 0 Å². The van der Waals surface area contributed by atoms with Crippen LogP contribution in [0.4, 0.5) is 30.6 Å². The normalized spacial score (nSPS) is 47.1. The molecule has 9 aromatic rings. The summed E-state index contributed by atoms with van der Waals surface area (Å²) in [6.07, 6.45) is -55.6. The predicted molar refractivity (Wildman–Crippen MR) is 398 cm³/mol. The van der Waals surface area contributed by atoms with Crippen molar-refractivity contribution in [3.05, 3.63) is 105 Å². The average Bonchev–Trinajstić information content (AvgIpc) is 1.48. The highest BCUT2D eigenvalue weighted by Gasteiger charge is 2.49. The summed E-state index contributed by atoms with van der Waals surface area (Å²) in [5.41, 5.74) is -7.00. The van der Waals surface area contributed by atoms with Gasteiger partial charge < -0.3 is 76.1 Å². The number of hydrogen-bond acceptors (Lipinski definition) is 30. The lowest BCUT2D eigenvalue weighted by Gasteiger charge is -2.17. The summed E-state index contributed by atoms with van der Waals surface area (Å²) in [7, 11) is 0. The molecule has 15 rings (SSSR count). The summed E-state index contributed by atoms with van der Waals surface area (Å²) in [4.78, 5) is 25.3. The number of fused-ring (bicyclic) bond motifs is 3. The maximum absolute atomic E-state index is 14.9. The van der Waals surface area contributed by atoms with Gasteiger partial charge in [0.25, 0.3) is 0 Å². The quantitative estimate of drug-likeness (QED) is 0.0168. The summed E-state index contributed by atoms with van der Waals surface area (Å²) in [5, 5.41) is 125. The van der Waals surface area contributed by atoms with Gasteiger partial charge in [0.15, 0.2) is 66.4 Å². The number of aliphatic hydroxyl groups excluding tert-OH is 1. The van der Waals surface area contributed by atoms with E-state index in [1.165, 1.54) is 0 Å². The number of halogens is 3. The highest BCUT2D eigenvalue weighted by molar-refractivity contribution is 7.99. The second kappa shape index (κ2) is 35.1. The van der Waals surface area contributed by atoms with Crippen LogP contribution in [0.2, 0.25) is 0 Å². The van der Waals surface area contributed by atoms with Gasteiger partial charge in [-0.25, -0.2) is 57.1 Å². The van der Waals surface area contributed by atoms with Gasteiger partial charge >= 0.3 is 0 Å². The number of hydrogen-bond donors (Lipinski definition) is 12. The number of thioether (sulfide) groups is 3. The molecule has 36 heteroatoms. The molecule has 0 amide bonds. The third-order valence-electron chi connectivity index (χ3n) is 15.2. The fraction of sp³-hybridized carbons (Fsp3) is 0.583. The molecule has 30 nitrogen and oxygen atoms in total. The molecular formula is C72H93F3N18O12S3. The van der Waals surface area contributed by atoms with E-state index in [0.717, 1.165) is 56.1 Å². The van der Waals surface area contributed by atoms with Gasteiger partial charge in [0.05, 0.1) is 115 Å². The summed E-state index contributed by atoms with van der Waals surface area (Å²) >= 11 is 2.88. The van der Waals surface area contributed by atoms with Crippen LogP contribution in [0.15, 0.2) is 69.9 Å². The second-order valence-electron chi connectivity index (χ2n) is 22.8. The van der Waals surface area contributed by atoms with Crippen molar-refractivity contribution in [2.75, 3.05) is 72.7 Å². The van der Waals surface area contributed by atoms with Crippen LogP contribution in [-0.2, 0) is 14.2 Å². The number of nitrogens with zero attached hydrogens (tertiary/aromatic N) is 15. The molecule has 6 aromatic heterocycles. The molecule has 3 aromatic carbocycles. The lowest BCUT2D eigenvalue weighted by molar-refractivity contribution is -0.0629. The third kappa shape index (κ3) is 17.5. The number of aromatic nitrogens is 15. The topological polar surface area (TPSA) is 415 Å². The van der Waals surface area contributed by atoms with E-state index in [4.69, 9.17) is 69.8 Å². The van der Waals surface area contributed by atoms with E-state index in [9.17, 15) is 59.1 Å². The van der Waals surface area contributed by atoms with Gasteiger partial charge in [-0.1, -0.05) is 108 Å². The molecule has 6 fully saturated rings. The largest absolute Gasteiger partial charge is 0.394 e. The summed E-state index contributed by atoms with van der Waals surface area (Å²) in [6, 6.07) is -23.9. The molecule has 6 saturated carbocycles. The monoisotopic (exact) mass is 1600 g/mol. The molecule has 0 unspecified atom stereocenters. The standard InChI is InChI=1S/3C24H31FN6O4S/c3*1-3-8-36-24-27-22(26-16-10-14(16)13-5-4-12(2)15(25)9-13)19-23(28-24)31(30-29-19)17-11-18(35-7-6-32)21(34)20(17)33/h3*4-5,9,14,16-18,20-21,32-34H,3,6-8,10-11H2,1-2H3,(H,26,27,28)/t3*14-,16+,17+,18-,20-,21+/m000/s1/i4D,5D,6D2,7D2,9D,10D2,11D2,14D,17D,18D,20D,21D;4D,5D,7D2,9D,10D2,11D2,14D,17D,18D,20D,21D;4D,5D,6D2,9D,10D2,11D2,14D,17D,18D,20D,21D. The minimum Gasteiger partial charge on any atom is -0.394 e. The van der Waals surface area contributed by atoms with Crippen LogP contribution in [0.3, 0.4) is 0 Å². The maximum Gasteiger partial charge on any atom is 0.191 e. The Morgan fingerprint density at radius 3 is 1.10 bits per heavy atom. The Hall–Kier alpha value is -7.14. The van der Waals surface area contributed by atoms with E-state index in [2.05, 4.69) is 81.5 Å². The Bertz CT molecular complexity index is 6940. The number of ether oxygens (including phenoxy) is 3. The SMILES string of the molecule is [2H]c1c([2H])c([C@@]2([2H])[C@H](Nc3nc(SCCC)nc4c3nnn4[C@]3([2H])C([2H])([2H])[C@]([2H])(OC([2H])([2H])C([2H])([2H])O)[C@@]([2H])(O)[C@@]3([2H])O)C2([2H])[2H])c([2H])c(F)c1C.[2H]c1c([2H])c([C@@]2([2H])[C@H](Nc3nc(SCCC)nc4c3nnn4[C@]3([2H])C([2H])([2H])[C@]([2H])(OC([2H])([2H])CO)[C@@]([2H])(O)[C@@]3([2H])O)C2([2H])[2H])c([2H])c(F)c1C.[2H]c1c([2H])c([C@@]2([2H])[C@H](Nc3nc(SCCC)nc4c3nnn4[C@]3([2H])C([2H])([2H])[C@]([2H])(OCC([2H])([2H])O)[C@@]([2H])(O)[C@@]3([2H])O)C2([2H])[2H])c([2H])c(F)c1C. The molecule has 12 N–H and O–H groups in total. The van der Waals surface area contributed by atoms with Crippen LogP contribution in [0.25, 0.3) is 33.5 Å². The molecule has 582 valence electrons. The van der Waals surface area contributed by atoms with Crippen molar-refractivity contribution >= 4 is 86.2 Å². The van der Waals surface area contributed by atoms with Crippen molar-refractivity contribution in [2.45, 2.75) is 223 Å². The van der Waals surface area contributed by atoms with Crippen LogP contribution in [-0.4, -0.2) is 250 Å². The number of nitrogens with one attached hydrogen (secondary N) is 3. The van der Waals surface area contributed by atoms with Crippen LogP contribution >= 0.6 is 35.3 Å². The number of anilines is 3. The first kappa shape index (κ1) is 40.9. The minimum atomic E-state index is -4.37. The zero-order chi connectivity index (χ0) is 116. The van der Waals surface area contributed by atoms with Gasteiger partial charge in [0.2, 0.25) is 0 Å². The summed E-state index contributed by atoms with van der Waals surface area (Å²) in [6.45, 7) is -8.94. The van der Waals surface area contributed by atoms with Crippen LogP contribution < -0.4 is 16.0 Å². The first-order valence-electron chi connectivity index (χ1n) is 54.0. The van der Waals surface area contributed by atoms with Gasteiger partial charge in [-0.05, 0) is 111 Å². The van der Waals surface area contributed by atoms with E-state index in [0.29, 0.717) is 36.5 Å². The second-order valence-corrected chi connectivity index (χ2v) is 26.0. The van der Waals surface area contributed by atoms with E-state index in [-0.39, 0.29) is 46.2 Å². The lowest BCUT2D eigenvalue weighted by Crippen LogP contribution is -2.33. The minimum absolute atomic E-state index is 0.0571. The van der Waals surface area contributed by atoms with Gasteiger partial charge in [0, 0.05) is 92.7 Å². The number of aliphatic hydroxyl groups is 9. The van der Waals surface area contributed by atoms with Crippen molar-refractivity contribution in [3.8, 4) is 0 Å². The smallest absolute Gasteiger partial charge is 0.191 e. The van der Waals surface area contributed by atoms with Crippen molar-refractivity contribution in [1.82, 2.24) is 74.9 Å². The van der Waals surface area contributed by atoms with Gasteiger partial charge in [0.1, 0.15) is 53.9 Å². The Balaban J connectivity index is 0.000000190. The van der Waals surface area contributed by atoms with Crippen LogP contribution in [0, 0.1) is 38.2 Å². The third-order valence-corrected chi connectivity index (χ3v) is 18.3. The first-order chi connectivity index (χ1) is 68.7.